The number of rotatable bonds is 15. The van der Waals surface area contributed by atoms with Gasteiger partial charge in [0.2, 0.25) is 0 Å². The lowest BCUT2D eigenvalue weighted by molar-refractivity contribution is -0.396. The zero-order chi connectivity index (χ0) is 36.7. The van der Waals surface area contributed by atoms with E-state index in [-0.39, 0.29) is 47.7 Å². The second-order valence-electron chi connectivity index (χ2n) is 14.6. The number of carboxylic acids is 1. The van der Waals surface area contributed by atoms with Gasteiger partial charge in [0.15, 0.2) is 0 Å². The highest BCUT2D eigenvalue weighted by Crippen LogP contribution is 2.65. The summed E-state index contributed by atoms with van der Waals surface area (Å²) in [4.78, 5) is 11.5. The van der Waals surface area contributed by atoms with Crippen molar-refractivity contribution in [2.75, 3.05) is 0 Å². The molecule has 49 heavy (non-hydrogen) atoms. The van der Waals surface area contributed by atoms with Crippen molar-refractivity contribution in [1.29, 1.82) is 0 Å². The molecular weight excluding hydrogens is 671 g/mol. The lowest BCUT2D eigenvalue weighted by Crippen LogP contribution is -2.60. The summed E-state index contributed by atoms with van der Waals surface area (Å²) in [6.45, 7) is 6.34. The van der Waals surface area contributed by atoms with Crippen LogP contribution in [-0.4, -0.2) is 56.4 Å². The average molecular weight is 717 g/mol. The van der Waals surface area contributed by atoms with Gasteiger partial charge in [0.05, 0.1) is 18.1 Å². The van der Waals surface area contributed by atoms with Gasteiger partial charge >= 0.3 is 29.9 Å². The first-order valence-corrected chi connectivity index (χ1v) is 16.9. The van der Waals surface area contributed by atoms with Crippen LogP contribution >= 0.6 is 0 Å². The van der Waals surface area contributed by atoms with E-state index in [9.17, 15) is 64.7 Å². The minimum Gasteiger partial charge on any atom is -0.508 e. The second-order valence-corrected chi connectivity index (χ2v) is 14.6. The number of unbranched alkanes of at least 4 members (excludes halogenated alkanes) is 5. The molecule has 1 aromatic carbocycles. The van der Waals surface area contributed by atoms with Gasteiger partial charge in [-0.3, -0.25) is 4.79 Å². The standard InChI is InChI=1S/C35H45F9O5/c1-19-27(46)18-26-28-23(14-15-31(19,26)2)22-12-11-21(45)17-25(22)29(47)24(28)10-8-6-4-3-5-7-9-20(30(48)49)13-16-32(36,37)33(38,39)34(40,41)35(42,43)44/h11-12,17,20,23-24,26-29,45-47H,1,3-10,13-16,18H2,2H3,(H,48,49)/t20?,23?,24-,26?,27+,28?,29-,31+/m0/s1. The molecule has 0 amide bonds. The number of phenolic OH excluding ortho intramolecular Hbond substituents is 1. The highest BCUT2D eigenvalue weighted by atomic mass is 19.4. The zero-order valence-electron chi connectivity index (χ0n) is 27.3. The van der Waals surface area contributed by atoms with Crippen molar-refractivity contribution in [3.8, 4) is 5.75 Å². The van der Waals surface area contributed by atoms with Crippen molar-refractivity contribution in [3.63, 3.8) is 0 Å². The Kier molecular flexibility index (Phi) is 11.4. The molecule has 2 fully saturated rings. The van der Waals surface area contributed by atoms with Crippen LogP contribution in [-0.2, 0) is 4.79 Å². The number of fused-ring (bicyclic) bond motifs is 5. The molecule has 4 unspecified atom stereocenters. The fraction of sp³-hybridized carbons (Fsp3) is 0.743. The summed E-state index contributed by atoms with van der Waals surface area (Å²) in [5.41, 5.74) is 2.33. The number of aliphatic carboxylic acids is 1. The zero-order valence-corrected chi connectivity index (χ0v) is 27.3. The van der Waals surface area contributed by atoms with E-state index < -0.39 is 60.9 Å². The molecule has 3 aliphatic rings. The third-order valence-corrected chi connectivity index (χ3v) is 11.7. The third kappa shape index (κ3) is 7.32. The van der Waals surface area contributed by atoms with Gasteiger partial charge in [-0.2, -0.15) is 39.5 Å². The first-order chi connectivity index (χ1) is 22.6. The lowest BCUT2D eigenvalue weighted by Gasteiger charge is -2.53. The van der Waals surface area contributed by atoms with Crippen LogP contribution in [0.15, 0.2) is 30.4 Å². The third-order valence-electron chi connectivity index (χ3n) is 11.7. The number of phenols is 1. The Morgan fingerprint density at radius 3 is 2.14 bits per heavy atom. The van der Waals surface area contributed by atoms with Gasteiger partial charge in [-0.15, -0.1) is 0 Å². The summed E-state index contributed by atoms with van der Waals surface area (Å²) in [6, 6.07) is 5.13. The minimum absolute atomic E-state index is 0.0695. The smallest absolute Gasteiger partial charge is 0.460 e. The van der Waals surface area contributed by atoms with Gasteiger partial charge < -0.3 is 20.4 Å². The summed E-state index contributed by atoms with van der Waals surface area (Å²) < 4.78 is 118. The maximum Gasteiger partial charge on any atom is 0.460 e. The number of benzene rings is 1. The number of alkyl halides is 9. The molecule has 0 aliphatic heterocycles. The number of hydrogen-bond donors (Lipinski definition) is 4. The van der Waals surface area contributed by atoms with Crippen molar-refractivity contribution in [2.24, 2.45) is 29.1 Å². The fourth-order valence-electron chi connectivity index (χ4n) is 8.81. The Morgan fingerprint density at radius 2 is 1.53 bits per heavy atom. The van der Waals surface area contributed by atoms with Crippen LogP contribution in [0.2, 0.25) is 0 Å². The van der Waals surface area contributed by atoms with Crippen LogP contribution in [0.1, 0.15) is 114 Å². The molecular formula is C35H45F9O5. The van der Waals surface area contributed by atoms with Crippen molar-refractivity contribution >= 4 is 5.97 Å². The van der Waals surface area contributed by atoms with Gasteiger partial charge in [0.25, 0.3) is 0 Å². The number of carbonyl (C=O) groups is 1. The Bertz CT molecular complexity index is 1350. The molecule has 0 heterocycles. The lowest BCUT2D eigenvalue weighted by atomic mass is 9.51. The van der Waals surface area contributed by atoms with Crippen LogP contribution in [0.4, 0.5) is 39.5 Å². The molecule has 0 saturated heterocycles. The van der Waals surface area contributed by atoms with Crippen LogP contribution in [0.25, 0.3) is 0 Å². The van der Waals surface area contributed by atoms with E-state index in [0.717, 1.165) is 42.4 Å². The van der Waals surface area contributed by atoms with Crippen molar-refractivity contribution < 1.29 is 64.7 Å². The van der Waals surface area contributed by atoms with Crippen molar-refractivity contribution in [2.45, 2.75) is 132 Å². The molecule has 5 nitrogen and oxygen atoms in total. The second kappa shape index (κ2) is 14.3. The topological polar surface area (TPSA) is 98.0 Å². The van der Waals surface area contributed by atoms with Gasteiger partial charge in [-0.1, -0.05) is 58.1 Å². The maximum absolute atomic E-state index is 13.9. The summed E-state index contributed by atoms with van der Waals surface area (Å²) in [5, 5.41) is 41.8. The fourth-order valence-corrected chi connectivity index (χ4v) is 8.81. The summed E-state index contributed by atoms with van der Waals surface area (Å²) >= 11 is 0. The Balaban J connectivity index is 1.28. The highest BCUT2D eigenvalue weighted by Gasteiger charge is 2.81. The van der Waals surface area contributed by atoms with E-state index in [1.807, 2.05) is 6.07 Å². The number of halogens is 9. The summed E-state index contributed by atoms with van der Waals surface area (Å²) in [5.74, 6) is -22.5. The van der Waals surface area contributed by atoms with Crippen molar-refractivity contribution in [3.05, 3.63) is 41.5 Å². The van der Waals surface area contributed by atoms with E-state index in [1.165, 1.54) is 0 Å². The molecule has 278 valence electrons. The van der Waals surface area contributed by atoms with Gasteiger partial charge in [-0.25, -0.2) is 0 Å². The number of aliphatic hydroxyl groups is 2. The van der Waals surface area contributed by atoms with Crippen molar-refractivity contribution in [1.82, 2.24) is 0 Å². The molecule has 0 radical (unpaired) electrons. The monoisotopic (exact) mass is 716 g/mol. The van der Waals surface area contributed by atoms with Gasteiger partial charge in [-0.05, 0) is 96.4 Å². The number of carboxylic acid groups (broad SMARTS) is 1. The molecule has 0 spiro atoms. The van der Waals surface area contributed by atoms with E-state index in [2.05, 4.69) is 13.5 Å². The predicted octanol–water partition coefficient (Wildman–Crippen LogP) is 9.56. The molecule has 4 N–H and O–H groups in total. The molecule has 14 heteroatoms. The quantitative estimate of drug-likeness (QED) is 0.0824. The molecule has 3 aliphatic carbocycles. The molecule has 1 aromatic rings. The largest absolute Gasteiger partial charge is 0.508 e. The minimum atomic E-state index is -7.00. The first kappa shape index (κ1) is 39.3. The Morgan fingerprint density at radius 1 is 0.918 bits per heavy atom. The van der Waals surface area contributed by atoms with Gasteiger partial charge in [0, 0.05) is 6.42 Å². The SMILES string of the molecule is C=C1[C@H](O)CC2C3C(CC[C@]12C)c1ccc(O)cc1[C@@H](O)[C@H]3CCCCCCCCC(CCC(F)(F)C(F)(F)C(F)(F)C(F)(F)F)C(=O)O. The number of aromatic hydroxyl groups is 1. The molecule has 4 rings (SSSR count). The van der Waals surface area contributed by atoms with Gasteiger partial charge in [0.1, 0.15) is 5.75 Å². The van der Waals surface area contributed by atoms with Crippen LogP contribution in [0.5, 0.6) is 5.75 Å². The van der Waals surface area contributed by atoms with Crippen LogP contribution in [0.3, 0.4) is 0 Å². The molecule has 2 saturated carbocycles. The summed E-state index contributed by atoms with van der Waals surface area (Å²) in [7, 11) is 0. The predicted molar refractivity (Wildman–Crippen MR) is 162 cm³/mol. The van der Waals surface area contributed by atoms with E-state index in [0.29, 0.717) is 32.1 Å². The Hall–Kier alpha value is -2.48. The maximum atomic E-state index is 13.9. The summed E-state index contributed by atoms with van der Waals surface area (Å²) in [6.07, 6.45) is -5.50. The van der Waals surface area contributed by atoms with E-state index in [4.69, 9.17) is 0 Å². The first-order valence-electron chi connectivity index (χ1n) is 16.9. The normalized spacial score (nSPS) is 29.7. The van der Waals surface area contributed by atoms with E-state index in [1.54, 1.807) is 12.1 Å². The highest BCUT2D eigenvalue weighted by molar-refractivity contribution is 5.69. The van der Waals surface area contributed by atoms with Crippen LogP contribution < -0.4 is 0 Å². The average Bonchev–Trinajstić information content (AvgIpc) is 3.24. The molecule has 8 atom stereocenters. The number of aliphatic hydroxyl groups excluding tert-OH is 2. The Labute approximate surface area is 279 Å². The molecule has 0 bridgehead atoms. The van der Waals surface area contributed by atoms with E-state index >= 15 is 0 Å². The molecule has 0 aromatic heterocycles. The number of hydrogen-bond acceptors (Lipinski definition) is 4. The van der Waals surface area contributed by atoms with Crippen LogP contribution in [0, 0.1) is 29.1 Å².